The van der Waals surface area contributed by atoms with Crippen molar-refractivity contribution in [2.75, 3.05) is 0 Å². The second kappa shape index (κ2) is 7.79. The molecule has 3 heterocycles. The molecular weight excluding hydrogens is 417 g/mol. The summed E-state index contributed by atoms with van der Waals surface area (Å²) in [5.74, 6) is -0.360. The van der Waals surface area contributed by atoms with Gasteiger partial charge in [-0.15, -0.1) is 0 Å². The number of imidazole rings is 1. The van der Waals surface area contributed by atoms with E-state index in [9.17, 15) is 18.0 Å². The summed E-state index contributed by atoms with van der Waals surface area (Å²) in [6, 6.07) is 13.9. The van der Waals surface area contributed by atoms with E-state index in [-0.39, 0.29) is 11.4 Å². The Balaban J connectivity index is 1.75. The van der Waals surface area contributed by atoms with Crippen LogP contribution in [0.25, 0.3) is 16.9 Å². The Morgan fingerprint density at radius 1 is 1.07 bits per heavy atom. The second-order valence-electron chi connectivity index (χ2n) is 6.51. The predicted molar refractivity (Wildman–Crippen MR) is 105 cm³/mol. The van der Waals surface area contributed by atoms with Gasteiger partial charge < -0.3 is 5.32 Å². The summed E-state index contributed by atoms with van der Waals surface area (Å²) in [6.45, 7) is 0. The second-order valence-corrected chi connectivity index (χ2v) is 6.95. The first-order valence-corrected chi connectivity index (χ1v) is 9.29. The van der Waals surface area contributed by atoms with E-state index in [0.717, 1.165) is 5.56 Å². The van der Waals surface area contributed by atoms with E-state index >= 15 is 0 Å². The minimum Gasteiger partial charge on any atom is -0.332 e. The van der Waals surface area contributed by atoms with Crippen molar-refractivity contribution in [2.45, 2.75) is 12.2 Å². The number of nitrogens with one attached hydrogen (secondary N) is 2. The molecule has 0 aliphatic rings. The molecule has 1 unspecified atom stereocenters. The van der Waals surface area contributed by atoms with Crippen LogP contribution in [0.15, 0.2) is 73.1 Å². The topological polar surface area (TPSA) is 61.9 Å². The number of aromatic amines is 1. The fraction of sp³-hybridized carbons (Fsp3) is 0.0952. The molecule has 9 heteroatoms. The van der Waals surface area contributed by atoms with E-state index in [1.165, 1.54) is 24.4 Å². The summed E-state index contributed by atoms with van der Waals surface area (Å²) in [4.78, 5) is 19.6. The van der Waals surface area contributed by atoms with E-state index in [4.69, 9.17) is 11.6 Å². The maximum Gasteiger partial charge on any atom is 0.414 e. The van der Waals surface area contributed by atoms with Gasteiger partial charge in [0.25, 0.3) is 11.7 Å². The highest BCUT2D eigenvalue weighted by molar-refractivity contribution is 6.30. The number of alkyl halides is 3. The van der Waals surface area contributed by atoms with Gasteiger partial charge in [0, 0.05) is 11.2 Å². The lowest BCUT2D eigenvalue weighted by atomic mass is 10.1. The number of hydrogen-bond donors (Lipinski definition) is 2. The van der Waals surface area contributed by atoms with Crippen LogP contribution in [-0.4, -0.2) is 22.1 Å². The highest BCUT2D eigenvalue weighted by atomic mass is 35.5. The molecular formula is C21H15ClF3N4O+. The zero-order valence-electron chi connectivity index (χ0n) is 15.3. The lowest BCUT2D eigenvalue weighted by Crippen LogP contribution is -2.39. The molecule has 30 heavy (non-hydrogen) atoms. The van der Waals surface area contributed by atoms with Gasteiger partial charge in [0.05, 0.1) is 17.5 Å². The van der Waals surface area contributed by atoms with Gasteiger partial charge in [0.2, 0.25) is 5.69 Å². The maximum absolute atomic E-state index is 13.6. The predicted octanol–water partition coefficient (Wildman–Crippen LogP) is 4.50. The van der Waals surface area contributed by atoms with E-state index in [1.807, 2.05) is 0 Å². The molecule has 0 fully saturated rings. The fourth-order valence-corrected chi connectivity index (χ4v) is 3.28. The molecule has 0 saturated heterocycles. The average Bonchev–Trinajstić information content (AvgIpc) is 3.12. The number of aromatic nitrogens is 3. The highest BCUT2D eigenvalue weighted by Crippen LogP contribution is 2.32. The standard InChI is InChI=1S/C21H14ClF3N4O/c22-14-9-7-13(8-10-14)19-27-17(16-6-2-4-12-29(16)19)20(30)28-18(21(23,24)25)15-5-1-3-11-26-15/h1-12,18H,(H,28,30)/p+1. The van der Waals surface area contributed by atoms with Gasteiger partial charge in [-0.25, -0.2) is 4.98 Å². The number of nitrogens with zero attached hydrogens (tertiary/aromatic N) is 2. The Morgan fingerprint density at radius 2 is 1.80 bits per heavy atom. The first-order chi connectivity index (χ1) is 14.3. The first kappa shape index (κ1) is 19.9. The zero-order chi connectivity index (χ0) is 21.3. The monoisotopic (exact) mass is 431 g/mol. The minimum absolute atomic E-state index is 0.00531. The van der Waals surface area contributed by atoms with Gasteiger partial charge >= 0.3 is 6.18 Å². The first-order valence-electron chi connectivity index (χ1n) is 8.91. The van der Waals surface area contributed by atoms with Crippen LogP contribution >= 0.6 is 11.6 Å². The molecule has 0 radical (unpaired) electrons. The number of halogens is 4. The van der Waals surface area contributed by atoms with Gasteiger partial charge in [-0.2, -0.15) is 17.6 Å². The number of hydrogen-bond acceptors (Lipinski definition) is 2. The van der Waals surface area contributed by atoms with E-state index in [2.05, 4.69) is 15.3 Å². The SMILES string of the molecule is O=C(NC(c1ccccn1)C(F)(F)F)c1[nH]c(-c2ccc(Cl)cc2)[n+]2ccccc12. The summed E-state index contributed by atoms with van der Waals surface area (Å²) in [5.41, 5.74) is 0.865. The van der Waals surface area contributed by atoms with Crippen molar-refractivity contribution in [3.05, 3.63) is 89.5 Å². The van der Waals surface area contributed by atoms with Crippen molar-refractivity contribution in [3.8, 4) is 11.4 Å². The zero-order valence-corrected chi connectivity index (χ0v) is 16.1. The number of carbonyl (C=O) groups is 1. The van der Waals surface area contributed by atoms with Gasteiger partial charge in [-0.1, -0.05) is 23.7 Å². The van der Waals surface area contributed by atoms with Crippen molar-refractivity contribution in [1.82, 2.24) is 15.3 Å². The van der Waals surface area contributed by atoms with Gasteiger partial charge in [-0.3, -0.25) is 9.78 Å². The Kier molecular flexibility index (Phi) is 5.17. The molecule has 4 aromatic rings. The molecule has 1 amide bonds. The summed E-state index contributed by atoms with van der Waals surface area (Å²) in [7, 11) is 0. The van der Waals surface area contributed by atoms with Crippen LogP contribution in [0.2, 0.25) is 5.02 Å². The third kappa shape index (κ3) is 3.86. The number of carbonyl (C=O) groups excluding carboxylic acids is 1. The maximum atomic E-state index is 13.6. The summed E-state index contributed by atoms with van der Waals surface area (Å²) >= 11 is 5.94. The van der Waals surface area contributed by atoms with Crippen LogP contribution in [0.3, 0.4) is 0 Å². The van der Waals surface area contributed by atoms with Crippen molar-refractivity contribution < 1.29 is 22.4 Å². The van der Waals surface area contributed by atoms with Crippen LogP contribution in [0, 0.1) is 0 Å². The highest BCUT2D eigenvalue weighted by Gasteiger charge is 2.44. The van der Waals surface area contributed by atoms with Crippen molar-refractivity contribution in [2.24, 2.45) is 0 Å². The number of pyridine rings is 2. The van der Waals surface area contributed by atoms with Crippen LogP contribution in [0.5, 0.6) is 0 Å². The van der Waals surface area contributed by atoms with E-state index in [1.54, 1.807) is 53.1 Å². The molecule has 1 aromatic carbocycles. The summed E-state index contributed by atoms with van der Waals surface area (Å²) in [6.07, 6.45) is -1.75. The number of H-pyrrole nitrogens is 1. The van der Waals surface area contributed by atoms with Gasteiger partial charge in [0.1, 0.15) is 0 Å². The lowest BCUT2D eigenvalue weighted by molar-refractivity contribution is -0.498. The van der Waals surface area contributed by atoms with Crippen LogP contribution < -0.4 is 9.72 Å². The average molecular weight is 432 g/mol. The quantitative estimate of drug-likeness (QED) is 0.467. The Labute approximate surface area is 174 Å². The van der Waals surface area contributed by atoms with Crippen molar-refractivity contribution >= 4 is 23.0 Å². The Hall–Kier alpha value is -3.39. The molecule has 152 valence electrons. The molecule has 4 rings (SSSR count). The van der Waals surface area contributed by atoms with E-state index in [0.29, 0.717) is 16.4 Å². The third-order valence-corrected chi connectivity index (χ3v) is 4.78. The van der Waals surface area contributed by atoms with Crippen molar-refractivity contribution in [1.29, 1.82) is 0 Å². The number of benzene rings is 1. The molecule has 0 aliphatic carbocycles. The summed E-state index contributed by atoms with van der Waals surface area (Å²) < 4.78 is 42.6. The molecule has 0 aliphatic heterocycles. The number of fused-ring (bicyclic) bond motifs is 1. The molecule has 3 aromatic heterocycles. The Morgan fingerprint density at radius 3 is 2.47 bits per heavy atom. The smallest absolute Gasteiger partial charge is 0.332 e. The number of amides is 1. The molecule has 1 atom stereocenters. The third-order valence-electron chi connectivity index (χ3n) is 4.53. The largest absolute Gasteiger partial charge is 0.414 e. The molecule has 2 N–H and O–H groups in total. The Bertz CT molecular complexity index is 1190. The van der Waals surface area contributed by atoms with Crippen molar-refractivity contribution in [3.63, 3.8) is 0 Å². The fourth-order valence-electron chi connectivity index (χ4n) is 3.15. The van der Waals surface area contributed by atoms with Gasteiger partial charge in [0.15, 0.2) is 11.6 Å². The normalized spacial score (nSPS) is 12.7. The van der Waals surface area contributed by atoms with Crippen LogP contribution in [0.1, 0.15) is 22.2 Å². The molecule has 5 nitrogen and oxygen atoms in total. The molecule has 0 saturated carbocycles. The minimum atomic E-state index is -4.71. The van der Waals surface area contributed by atoms with Gasteiger partial charge in [-0.05, 0) is 48.5 Å². The number of rotatable bonds is 4. The summed E-state index contributed by atoms with van der Waals surface area (Å²) in [5, 5.41) is 2.61. The van der Waals surface area contributed by atoms with Crippen LogP contribution in [0.4, 0.5) is 13.2 Å². The molecule has 0 bridgehead atoms. The van der Waals surface area contributed by atoms with E-state index < -0.39 is 18.1 Å². The lowest BCUT2D eigenvalue weighted by Gasteiger charge is -2.20. The van der Waals surface area contributed by atoms with Crippen LogP contribution in [-0.2, 0) is 0 Å². The molecule has 0 spiro atoms.